The molecule has 5 nitrogen and oxygen atoms in total. The predicted octanol–water partition coefficient (Wildman–Crippen LogP) is 1.21. The van der Waals surface area contributed by atoms with E-state index in [9.17, 15) is 18.8 Å². The van der Waals surface area contributed by atoms with E-state index in [0.29, 0.717) is 5.56 Å². The fraction of sp³-hybridized carbons (Fsp3) is 0.308. The molecule has 2 N–H and O–H groups in total. The Morgan fingerprint density at radius 2 is 1.79 bits per heavy atom. The van der Waals surface area contributed by atoms with Crippen LogP contribution in [-0.4, -0.2) is 23.8 Å². The van der Waals surface area contributed by atoms with E-state index in [1.807, 2.05) is 0 Å². The van der Waals surface area contributed by atoms with E-state index in [4.69, 9.17) is 10.5 Å². The predicted molar refractivity (Wildman–Crippen MR) is 64.7 cm³/mol. The van der Waals surface area contributed by atoms with E-state index in [-0.39, 0.29) is 18.6 Å². The molecule has 0 saturated heterocycles. The van der Waals surface area contributed by atoms with Crippen molar-refractivity contribution in [2.75, 3.05) is 0 Å². The molecule has 0 heterocycles. The molecule has 1 rings (SSSR count). The molecule has 0 aliphatic carbocycles. The van der Waals surface area contributed by atoms with Crippen LogP contribution < -0.4 is 5.73 Å². The highest BCUT2D eigenvalue weighted by atomic mass is 19.1. The minimum atomic E-state index is -1.02. The summed E-state index contributed by atoms with van der Waals surface area (Å²) in [5.41, 5.74) is 5.24. The van der Waals surface area contributed by atoms with Crippen LogP contribution in [0, 0.1) is 5.82 Å². The Labute approximate surface area is 109 Å². The number of ketones is 1. The lowest BCUT2D eigenvalue weighted by atomic mass is 10.1. The first-order valence-electron chi connectivity index (χ1n) is 5.67. The van der Waals surface area contributed by atoms with E-state index < -0.39 is 23.8 Å². The summed E-state index contributed by atoms with van der Waals surface area (Å²) >= 11 is 0. The van der Waals surface area contributed by atoms with Crippen LogP contribution in [0.2, 0.25) is 0 Å². The smallest absolute Gasteiger partial charge is 0.307 e. The van der Waals surface area contributed by atoms with Crippen LogP contribution in [0.1, 0.15) is 30.1 Å². The zero-order chi connectivity index (χ0) is 14.4. The maximum absolute atomic E-state index is 12.7. The van der Waals surface area contributed by atoms with E-state index in [1.54, 1.807) is 0 Å². The van der Waals surface area contributed by atoms with Gasteiger partial charge in [-0.3, -0.25) is 14.4 Å². The summed E-state index contributed by atoms with van der Waals surface area (Å²) in [6, 6.07) is 5.02. The van der Waals surface area contributed by atoms with Gasteiger partial charge in [0.1, 0.15) is 5.82 Å². The van der Waals surface area contributed by atoms with Gasteiger partial charge in [-0.05, 0) is 31.2 Å². The second-order valence-electron chi connectivity index (χ2n) is 3.96. The normalized spacial score (nSPS) is 11.7. The highest BCUT2D eigenvalue weighted by Crippen LogP contribution is 2.08. The standard InChI is InChI=1S/C13H14FNO4/c1-8(13(15)18)19-12(17)7-6-11(16)9-2-4-10(14)5-3-9/h2-5,8H,6-7H2,1H3,(H2,15,18)/t8-/m0/s1. The summed E-state index contributed by atoms with van der Waals surface area (Å²) in [5, 5.41) is 0. The van der Waals surface area contributed by atoms with Gasteiger partial charge in [-0.15, -0.1) is 0 Å². The number of ether oxygens (including phenoxy) is 1. The number of hydrogen-bond acceptors (Lipinski definition) is 4. The molecule has 1 aromatic rings. The minimum absolute atomic E-state index is 0.0735. The highest BCUT2D eigenvalue weighted by molar-refractivity contribution is 5.97. The van der Waals surface area contributed by atoms with E-state index in [0.717, 1.165) is 0 Å². The number of carbonyl (C=O) groups is 3. The van der Waals surface area contributed by atoms with Gasteiger partial charge in [-0.2, -0.15) is 0 Å². The molecule has 19 heavy (non-hydrogen) atoms. The lowest BCUT2D eigenvalue weighted by Crippen LogP contribution is -2.30. The molecular weight excluding hydrogens is 253 g/mol. The van der Waals surface area contributed by atoms with Crippen LogP contribution >= 0.6 is 0 Å². The Balaban J connectivity index is 2.44. The first-order valence-corrected chi connectivity index (χ1v) is 5.67. The summed E-state index contributed by atoms with van der Waals surface area (Å²) in [6.45, 7) is 1.35. The fourth-order valence-corrected chi connectivity index (χ4v) is 1.31. The molecule has 0 aromatic heterocycles. The van der Waals surface area contributed by atoms with Crippen molar-refractivity contribution in [2.45, 2.75) is 25.9 Å². The largest absolute Gasteiger partial charge is 0.453 e. The Kier molecular flexibility index (Phi) is 5.17. The third kappa shape index (κ3) is 4.87. The maximum Gasteiger partial charge on any atom is 0.307 e. The number of halogens is 1. The van der Waals surface area contributed by atoms with Crippen LogP contribution in [0.4, 0.5) is 4.39 Å². The van der Waals surface area contributed by atoms with Gasteiger partial charge in [-0.25, -0.2) is 4.39 Å². The molecule has 0 unspecified atom stereocenters. The molecular formula is C13H14FNO4. The average Bonchev–Trinajstić information content (AvgIpc) is 2.36. The Morgan fingerprint density at radius 1 is 1.21 bits per heavy atom. The number of Topliss-reactive ketones (excluding diaryl/α,β-unsaturated/α-hetero) is 1. The number of amides is 1. The lowest BCUT2D eigenvalue weighted by Gasteiger charge is -2.09. The molecule has 0 spiro atoms. The van der Waals surface area contributed by atoms with Crippen molar-refractivity contribution in [3.8, 4) is 0 Å². The zero-order valence-electron chi connectivity index (χ0n) is 10.4. The number of primary amides is 1. The van der Waals surface area contributed by atoms with Gasteiger partial charge in [0.2, 0.25) is 0 Å². The molecule has 1 atom stereocenters. The van der Waals surface area contributed by atoms with E-state index in [2.05, 4.69) is 0 Å². The van der Waals surface area contributed by atoms with Crippen molar-refractivity contribution in [3.05, 3.63) is 35.6 Å². The Hall–Kier alpha value is -2.24. The number of carbonyl (C=O) groups excluding carboxylic acids is 3. The van der Waals surface area contributed by atoms with Crippen molar-refractivity contribution in [1.82, 2.24) is 0 Å². The molecule has 0 radical (unpaired) electrons. The van der Waals surface area contributed by atoms with Crippen molar-refractivity contribution < 1.29 is 23.5 Å². The summed E-state index contributed by atoms with van der Waals surface area (Å²) in [4.78, 5) is 33.6. The monoisotopic (exact) mass is 267 g/mol. The van der Waals surface area contributed by atoms with E-state index in [1.165, 1.54) is 31.2 Å². The van der Waals surface area contributed by atoms with Gasteiger partial charge in [0.05, 0.1) is 6.42 Å². The average molecular weight is 267 g/mol. The number of benzene rings is 1. The number of hydrogen-bond donors (Lipinski definition) is 1. The molecule has 1 amide bonds. The topological polar surface area (TPSA) is 86.5 Å². The number of rotatable bonds is 6. The van der Waals surface area contributed by atoms with Crippen LogP contribution in [0.25, 0.3) is 0 Å². The molecule has 102 valence electrons. The van der Waals surface area contributed by atoms with Crippen molar-refractivity contribution >= 4 is 17.7 Å². The van der Waals surface area contributed by atoms with Gasteiger partial charge in [0.25, 0.3) is 5.91 Å². The van der Waals surface area contributed by atoms with Crippen molar-refractivity contribution in [3.63, 3.8) is 0 Å². The second kappa shape index (κ2) is 6.63. The molecule has 6 heteroatoms. The fourth-order valence-electron chi connectivity index (χ4n) is 1.31. The molecule has 0 saturated carbocycles. The summed E-state index contributed by atoms with van der Waals surface area (Å²) in [5.74, 6) is -2.17. The van der Waals surface area contributed by atoms with Crippen molar-refractivity contribution in [1.29, 1.82) is 0 Å². The van der Waals surface area contributed by atoms with E-state index >= 15 is 0 Å². The van der Waals surface area contributed by atoms with Gasteiger partial charge >= 0.3 is 5.97 Å². The summed E-state index contributed by atoms with van der Waals surface area (Å²) < 4.78 is 17.3. The zero-order valence-corrected chi connectivity index (χ0v) is 10.4. The Bertz CT molecular complexity index is 484. The third-order valence-corrected chi connectivity index (χ3v) is 2.43. The summed E-state index contributed by atoms with van der Waals surface area (Å²) in [7, 11) is 0. The van der Waals surface area contributed by atoms with Crippen molar-refractivity contribution in [2.24, 2.45) is 5.73 Å². The SMILES string of the molecule is C[C@H](OC(=O)CCC(=O)c1ccc(F)cc1)C(N)=O. The first-order chi connectivity index (χ1) is 8.90. The number of esters is 1. The highest BCUT2D eigenvalue weighted by Gasteiger charge is 2.16. The van der Waals surface area contributed by atoms with Gasteiger partial charge in [-0.1, -0.05) is 0 Å². The number of nitrogens with two attached hydrogens (primary N) is 1. The third-order valence-electron chi connectivity index (χ3n) is 2.43. The van der Waals surface area contributed by atoms with Crippen LogP contribution in [0.5, 0.6) is 0 Å². The maximum atomic E-state index is 12.7. The lowest BCUT2D eigenvalue weighted by molar-refractivity contribution is -0.153. The van der Waals surface area contributed by atoms with Crippen LogP contribution in [0.15, 0.2) is 24.3 Å². The van der Waals surface area contributed by atoms with Crippen LogP contribution in [-0.2, 0) is 14.3 Å². The van der Waals surface area contributed by atoms with Gasteiger partial charge in [0.15, 0.2) is 11.9 Å². The quantitative estimate of drug-likeness (QED) is 0.620. The van der Waals surface area contributed by atoms with Gasteiger partial charge < -0.3 is 10.5 Å². The summed E-state index contributed by atoms with van der Waals surface area (Å²) in [6.07, 6.45) is -1.25. The van der Waals surface area contributed by atoms with Gasteiger partial charge in [0, 0.05) is 12.0 Å². The second-order valence-corrected chi connectivity index (χ2v) is 3.96. The van der Waals surface area contributed by atoms with Crippen LogP contribution in [0.3, 0.4) is 0 Å². The minimum Gasteiger partial charge on any atom is -0.453 e. The molecule has 0 bridgehead atoms. The molecule has 0 aliphatic heterocycles. The molecule has 0 aliphatic rings. The first kappa shape index (κ1) is 14.8. The Morgan fingerprint density at radius 3 is 2.32 bits per heavy atom. The molecule has 1 aromatic carbocycles. The molecule has 0 fully saturated rings.